The van der Waals surface area contributed by atoms with Crippen LogP contribution in [-0.4, -0.2) is 36.8 Å². The van der Waals surface area contributed by atoms with Gasteiger partial charge in [-0.15, -0.1) is 0 Å². The molecule has 1 saturated heterocycles. The van der Waals surface area contributed by atoms with Gasteiger partial charge in [0.25, 0.3) is 0 Å². The van der Waals surface area contributed by atoms with Crippen LogP contribution < -0.4 is 4.72 Å². The number of likely N-dealkylation sites (tertiary alicyclic amines) is 1. The predicted octanol–water partition coefficient (Wildman–Crippen LogP) is 6.34. The minimum Gasteiger partial charge on any atom is -0.354 e. The van der Waals surface area contributed by atoms with Crippen LogP contribution >= 0.6 is 0 Å². The SMILES string of the molecule is Cc1ccccc1-c1cc2ccc(S(=O)(=O)N[C@H]3CC[C@H](C(=O)N4CCCC4c4ccccc4)CC3)cc2[nH]1. The van der Waals surface area contributed by atoms with E-state index in [2.05, 4.69) is 51.9 Å². The summed E-state index contributed by atoms with van der Waals surface area (Å²) in [5, 5.41) is 0.974. The molecule has 6 nitrogen and oxygen atoms in total. The summed E-state index contributed by atoms with van der Waals surface area (Å²) in [7, 11) is -3.68. The molecule has 1 aliphatic heterocycles. The molecule has 1 aromatic heterocycles. The van der Waals surface area contributed by atoms with Gasteiger partial charge in [-0.25, -0.2) is 13.1 Å². The van der Waals surface area contributed by atoms with Crippen LogP contribution in [-0.2, 0) is 14.8 Å². The Bertz CT molecular complexity index is 1590. The van der Waals surface area contributed by atoms with Crippen LogP contribution in [0, 0.1) is 12.8 Å². The third-order valence-electron chi connectivity index (χ3n) is 8.46. The van der Waals surface area contributed by atoms with Gasteiger partial charge in [-0.2, -0.15) is 0 Å². The Morgan fingerprint density at radius 3 is 2.41 bits per heavy atom. The van der Waals surface area contributed by atoms with Gasteiger partial charge in [-0.05, 0) is 74.8 Å². The van der Waals surface area contributed by atoms with Crippen LogP contribution in [0.15, 0.2) is 83.8 Å². The number of H-pyrrole nitrogens is 1. The van der Waals surface area contributed by atoms with Crippen molar-refractivity contribution >= 4 is 26.8 Å². The first kappa shape index (κ1) is 25.8. The lowest BCUT2D eigenvalue weighted by atomic mass is 9.85. The lowest BCUT2D eigenvalue weighted by Crippen LogP contribution is -2.42. The number of carbonyl (C=O) groups is 1. The average Bonchev–Trinajstić information content (AvgIpc) is 3.61. The molecular formula is C32H35N3O3S. The first-order valence-corrected chi connectivity index (χ1v) is 15.4. The lowest BCUT2D eigenvalue weighted by Gasteiger charge is -2.33. The van der Waals surface area contributed by atoms with Crippen LogP contribution in [0.1, 0.15) is 55.7 Å². The largest absolute Gasteiger partial charge is 0.354 e. The van der Waals surface area contributed by atoms with E-state index in [1.54, 1.807) is 12.1 Å². The first-order valence-electron chi connectivity index (χ1n) is 14.0. The minimum absolute atomic E-state index is 0.0369. The standard InChI is InChI=1S/C32H35N3O3S/c1-22-8-5-6-11-28(22)30-20-25-15-18-27(21-29(25)33-30)39(37,38)34-26-16-13-24(14-17-26)32(36)35-19-7-12-31(35)23-9-3-2-4-10-23/h2-6,8-11,15,18,20-21,24,26,31,33-34H,7,12-14,16-17,19H2,1H3/t24-,26-,31?. The smallest absolute Gasteiger partial charge is 0.240 e. The Balaban J connectivity index is 1.10. The van der Waals surface area contributed by atoms with Gasteiger partial charge >= 0.3 is 0 Å². The Morgan fingerprint density at radius 2 is 1.64 bits per heavy atom. The Morgan fingerprint density at radius 1 is 0.897 bits per heavy atom. The van der Waals surface area contributed by atoms with E-state index in [9.17, 15) is 13.2 Å². The molecule has 6 rings (SSSR count). The number of rotatable bonds is 6. The number of benzene rings is 3. The minimum atomic E-state index is -3.68. The molecule has 1 amide bonds. The second-order valence-corrected chi connectivity index (χ2v) is 12.7. The third kappa shape index (κ3) is 5.25. The summed E-state index contributed by atoms with van der Waals surface area (Å²) in [6, 6.07) is 25.7. The fourth-order valence-electron chi connectivity index (χ4n) is 6.33. The number of aryl methyl sites for hydroxylation is 1. The van der Waals surface area contributed by atoms with Crippen molar-refractivity contribution in [3.8, 4) is 11.3 Å². The zero-order valence-electron chi connectivity index (χ0n) is 22.3. The highest BCUT2D eigenvalue weighted by molar-refractivity contribution is 7.89. The zero-order chi connectivity index (χ0) is 27.0. The molecule has 3 aromatic carbocycles. The molecule has 2 heterocycles. The highest BCUT2D eigenvalue weighted by Crippen LogP contribution is 2.36. The molecule has 202 valence electrons. The second-order valence-electron chi connectivity index (χ2n) is 11.0. The van der Waals surface area contributed by atoms with Gasteiger partial charge in [0.15, 0.2) is 0 Å². The monoisotopic (exact) mass is 541 g/mol. The first-order chi connectivity index (χ1) is 18.9. The molecule has 1 unspecified atom stereocenters. The van der Waals surface area contributed by atoms with E-state index in [1.165, 1.54) is 5.56 Å². The Kier molecular flexibility index (Phi) is 7.04. The van der Waals surface area contributed by atoms with Crippen LogP contribution in [0.3, 0.4) is 0 Å². The van der Waals surface area contributed by atoms with Gasteiger partial charge in [0.05, 0.1) is 10.9 Å². The van der Waals surface area contributed by atoms with Crippen LogP contribution in [0.2, 0.25) is 0 Å². The van der Waals surface area contributed by atoms with E-state index in [0.29, 0.717) is 25.7 Å². The predicted molar refractivity (Wildman–Crippen MR) is 155 cm³/mol. The molecule has 1 saturated carbocycles. The molecular weight excluding hydrogens is 506 g/mol. The number of fused-ring (bicyclic) bond motifs is 1. The van der Waals surface area contributed by atoms with Crippen molar-refractivity contribution in [3.63, 3.8) is 0 Å². The van der Waals surface area contributed by atoms with Gasteiger partial charge in [-0.3, -0.25) is 4.79 Å². The quantitative estimate of drug-likeness (QED) is 0.299. The molecule has 0 bridgehead atoms. The summed E-state index contributed by atoms with van der Waals surface area (Å²) in [4.78, 5) is 19.1. The number of aromatic nitrogens is 1. The molecule has 0 spiro atoms. The molecule has 1 aliphatic carbocycles. The van der Waals surface area contributed by atoms with Crippen molar-refractivity contribution in [3.05, 3.63) is 90.0 Å². The van der Waals surface area contributed by atoms with Crippen molar-refractivity contribution in [1.29, 1.82) is 0 Å². The molecule has 39 heavy (non-hydrogen) atoms. The van der Waals surface area contributed by atoms with E-state index in [1.807, 2.05) is 36.4 Å². The van der Waals surface area contributed by atoms with E-state index >= 15 is 0 Å². The second kappa shape index (κ2) is 10.6. The number of aromatic amines is 1. The normalized spacial score (nSPS) is 21.9. The van der Waals surface area contributed by atoms with Crippen LogP contribution in [0.4, 0.5) is 0 Å². The highest BCUT2D eigenvalue weighted by Gasteiger charge is 2.36. The van der Waals surface area contributed by atoms with Crippen molar-refractivity contribution < 1.29 is 13.2 Å². The van der Waals surface area contributed by atoms with Crippen molar-refractivity contribution in [1.82, 2.24) is 14.6 Å². The molecule has 0 radical (unpaired) electrons. The summed E-state index contributed by atoms with van der Waals surface area (Å²) < 4.78 is 29.5. The number of nitrogens with one attached hydrogen (secondary N) is 2. The van der Waals surface area contributed by atoms with Crippen molar-refractivity contribution in [2.75, 3.05) is 6.54 Å². The number of nitrogens with zero attached hydrogens (tertiary/aromatic N) is 1. The third-order valence-corrected chi connectivity index (χ3v) is 9.98. The van der Waals surface area contributed by atoms with Crippen molar-refractivity contribution in [2.45, 2.75) is 62.4 Å². The van der Waals surface area contributed by atoms with Gasteiger partial charge in [0.1, 0.15) is 0 Å². The maximum Gasteiger partial charge on any atom is 0.240 e. The summed E-state index contributed by atoms with van der Waals surface area (Å²) in [5.41, 5.74) is 5.24. The number of amides is 1. The van der Waals surface area contributed by atoms with Gasteiger partial charge in [0, 0.05) is 40.7 Å². The topological polar surface area (TPSA) is 82.3 Å². The van der Waals surface area contributed by atoms with Gasteiger partial charge < -0.3 is 9.88 Å². The highest BCUT2D eigenvalue weighted by atomic mass is 32.2. The summed E-state index contributed by atoms with van der Waals surface area (Å²) in [6.45, 7) is 2.87. The molecule has 1 atom stereocenters. The Labute approximate surface area is 230 Å². The molecule has 2 N–H and O–H groups in total. The fraction of sp³-hybridized carbons (Fsp3) is 0.344. The van der Waals surface area contributed by atoms with Crippen LogP contribution in [0.5, 0.6) is 0 Å². The van der Waals surface area contributed by atoms with Crippen LogP contribution in [0.25, 0.3) is 22.2 Å². The van der Waals surface area contributed by atoms with E-state index in [0.717, 1.165) is 47.1 Å². The average molecular weight is 542 g/mol. The maximum absolute atomic E-state index is 13.4. The van der Waals surface area contributed by atoms with Gasteiger partial charge in [0.2, 0.25) is 15.9 Å². The fourth-order valence-corrected chi connectivity index (χ4v) is 7.66. The molecule has 2 fully saturated rings. The zero-order valence-corrected chi connectivity index (χ0v) is 23.1. The van der Waals surface area contributed by atoms with E-state index in [-0.39, 0.29) is 28.8 Å². The summed E-state index contributed by atoms with van der Waals surface area (Å²) in [5.74, 6) is 0.189. The van der Waals surface area contributed by atoms with E-state index in [4.69, 9.17) is 0 Å². The Hall–Kier alpha value is -3.42. The number of hydrogen-bond acceptors (Lipinski definition) is 3. The summed E-state index contributed by atoms with van der Waals surface area (Å²) in [6.07, 6.45) is 4.78. The van der Waals surface area contributed by atoms with E-state index < -0.39 is 10.0 Å². The van der Waals surface area contributed by atoms with Crippen molar-refractivity contribution in [2.24, 2.45) is 5.92 Å². The lowest BCUT2D eigenvalue weighted by molar-refractivity contribution is -0.137. The molecule has 2 aliphatic rings. The number of hydrogen-bond donors (Lipinski definition) is 2. The maximum atomic E-state index is 13.4. The summed E-state index contributed by atoms with van der Waals surface area (Å²) >= 11 is 0. The number of carbonyl (C=O) groups excluding carboxylic acids is 1. The number of sulfonamides is 1. The molecule has 4 aromatic rings. The molecule has 7 heteroatoms. The van der Waals surface area contributed by atoms with Gasteiger partial charge in [-0.1, -0.05) is 60.7 Å².